The molecule has 0 fully saturated rings. The lowest BCUT2D eigenvalue weighted by Crippen LogP contribution is -2.16. The Balaban J connectivity index is 1.94. The maximum atomic E-state index is 12.1. The minimum Gasteiger partial charge on any atom is -0.493 e. The van der Waals surface area contributed by atoms with Gasteiger partial charge in [0, 0.05) is 18.8 Å². The number of nitrogens with zero attached hydrogens (tertiary/aromatic N) is 3. The third kappa shape index (κ3) is 4.73. The van der Waals surface area contributed by atoms with E-state index < -0.39 is 9.84 Å². The van der Waals surface area contributed by atoms with E-state index in [4.69, 9.17) is 14.7 Å². The highest BCUT2D eigenvalue weighted by atomic mass is 32.2. The Hall–Kier alpha value is -2.53. The lowest BCUT2D eigenvalue weighted by Gasteiger charge is -2.10. The summed E-state index contributed by atoms with van der Waals surface area (Å²) in [6.07, 6.45) is 1.75. The van der Waals surface area contributed by atoms with Crippen molar-refractivity contribution in [2.75, 3.05) is 19.5 Å². The summed E-state index contributed by atoms with van der Waals surface area (Å²) in [6.45, 7) is 2.63. The fourth-order valence-electron chi connectivity index (χ4n) is 2.09. The number of hydrogen-bond donors (Lipinski definition) is 0. The van der Waals surface area contributed by atoms with Gasteiger partial charge in [0.05, 0.1) is 35.9 Å². The van der Waals surface area contributed by atoms with Gasteiger partial charge in [0.1, 0.15) is 6.61 Å². The molecular weight excluding hydrogens is 330 g/mol. The highest BCUT2D eigenvalue weighted by Crippen LogP contribution is 2.27. The summed E-state index contributed by atoms with van der Waals surface area (Å²) in [5, 5.41) is 13.0. The first kappa shape index (κ1) is 17.8. The quantitative estimate of drug-likeness (QED) is 0.721. The summed E-state index contributed by atoms with van der Waals surface area (Å²) in [5.41, 5.74) is 0.964. The fraction of sp³-hybridized carbons (Fsp3) is 0.375. The van der Waals surface area contributed by atoms with Gasteiger partial charge in [0.15, 0.2) is 21.3 Å². The predicted octanol–water partition coefficient (Wildman–Crippen LogP) is 1.78. The number of ether oxygens (including phenoxy) is 2. The molecule has 8 heteroatoms. The van der Waals surface area contributed by atoms with Crippen LogP contribution < -0.4 is 9.47 Å². The second-order valence-corrected chi connectivity index (χ2v) is 7.26. The molecular formula is C16H19N3O4S. The molecule has 1 aromatic heterocycles. The van der Waals surface area contributed by atoms with Gasteiger partial charge < -0.3 is 9.47 Å². The average molecular weight is 349 g/mol. The maximum absolute atomic E-state index is 12.1. The molecule has 0 aliphatic rings. The highest BCUT2D eigenvalue weighted by molar-refractivity contribution is 7.90. The van der Waals surface area contributed by atoms with Gasteiger partial charge in [-0.2, -0.15) is 10.4 Å². The summed E-state index contributed by atoms with van der Waals surface area (Å²) >= 11 is 0. The number of methoxy groups -OCH3 is 1. The van der Waals surface area contributed by atoms with E-state index in [2.05, 4.69) is 5.10 Å². The lowest BCUT2D eigenvalue weighted by atomic mass is 10.2. The molecule has 2 aromatic rings. The lowest BCUT2D eigenvalue weighted by molar-refractivity contribution is 0.311. The molecule has 0 bridgehead atoms. The van der Waals surface area contributed by atoms with Crippen LogP contribution in [0.5, 0.6) is 11.5 Å². The van der Waals surface area contributed by atoms with Crippen LogP contribution in [-0.4, -0.2) is 37.7 Å². The molecule has 128 valence electrons. The van der Waals surface area contributed by atoms with E-state index in [9.17, 15) is 8.42 Å². The minimum atomic E-state index is -3.33. The van der Waals surface area contributed by atoms with Gasteiger partial charge >= 0.3 is 0 Å². The van der Waals surface area contributed by atoms with E-state index in [0.717, 1.165) is 0 Å². The Morgan fingerprint density at radius 1 is 1.29 bits per heavy atom. The molecule has 0 aliphatic carbocycles. The first-order chi connectivity index (χ1) is 11.5. The molecule has 24 heavy (non-hydrogen) atoms. The molecule has 2 rings (SSSR count). The van der Waals surface area contributed by atoms with Crippen LogP contribution in [0.2, 0.25) is 0 Å². The molecule has 0 saturated carbocycles. The van der Waals surface area contributed by atoms with Gasteiger partial charge in [-0.15, -0.1) is 0 Å². The number of benzene rings is 1. The standard InChI is InChI=1S/C16H19N3O4S/c1-3-19-7-6-14(18-19)12-24(20,21)9-8-23-15-5-4-13(11-17)10-16(15)22-2/h4-7,10H,3,8-9,12H2,1-2H3. The summed E-state index contributed by atoms with van der Waals surface area (Å²) in [5.74, 6) is 0.554. The Morgan fingerprint density at radius 2 is 2.08 bits per heavy atom. The number of nitriles is 1. The summed E-state index contributed by atoms with van der Waals surface area (Å²) in [4.78, 5) is 0. The van der Waals surface area contributed by atoms with Crippen molar-refractivity contribution in [3.8, 4) is 17.6 Å². The number of aromatic nitrogens is 2. The molecule has 0 spiro atoms. The number of hydrogen-bond acceptors (Lipinski definition) is 6. The maximum Gasteiger partial charge on any atom is 0.162 e. The predicted molar refractivity (Wildman–Crippen MR) is 88.6 cm³/mol. The van der Waals surface area contributed by atoms with Crippen molar-refractivity contribution in [3.05, 3.63) is 41.7 Å². The van der Waals surface area contributed by atoms with Crippen molar-refractivity contribution in [2.24, 2.45) is 0 Å². The zero-order chi connectivity index (χ0) is 17.6. The van der Waals surface area contributed by atoms with Gasteiger partial charge in [-0.25, -0.2) is 8.42 Å². The van der Waals surface area contributed by atoms with E-state index in [0.29, 0.717) is 29.3 Å². The van der Waals surface area contributed by atoms with Gasteiger partial charge in [-0.3, -0.25) is 4.68 Å². The van der Waals surface area contributed by atoms with Crippen molar-refractivity contribution in [1.82, 2.24) is 9.78 Å². The largest absolute Gasteiger partial charge is 0.493 e. The summed E-state index contributed by atoms with van der Waals surface area (Å²) in [6, 6.07) is 8.42. The van der Waals surface area contributed by atoms with Gasteiger partial charge in [-0.05, 0) is 25.1 Å². The Labute approximate surface area is 141 Å². The Bertz CT molecular complexity index is 837. The smallest absolute Gasteiger partial charge is 0.162 e. The fourth-order valence-corrected chi connectivity index (χ4v) is 3.18. The zero-order valence-electron chi connectivity index (χ0n) is 13.6. The zero-order valence-corrected chi connectivity index (χ0v) is 14.4. The van der Waals surface area contributed by atoms with Crippen LogP contribution in [0.25, 0.3) is 0 Å². The van der Waals surface area contributed by atoms with Crippen molar-refractivity contribution >= 4 is 9.84 Å². The molecule has 0 radical (unpaired) electrons. The SMILES string of the molecule is CCn1ccc(CS(=O)(=O)CCOc2ccc(C#N)cc2OC)n1. The van der Waals surface area contributed by atoms with Crippen molar-refractivity contribution in [3.63, 3.8) is 0 Å². The summed E-state index contributed by atoms with van der Waals surface area (Å²) in [7, 11) is -1.86. The van der Waals surface area contributed by atoms with E-state index in [-0.39, 0.29) is 18.1 Å². The molecule has 7 nitrogen and oxygen atoms in total. The molecule has 0 unspecified atom stereocenters. The molecule has 0 amide bonds. The second kappa shape index (κ2) is 7.84. The Kier molecular flexibility index (Phi) is 5.82. The topological polar surface area (TPSA) is 94.2 Å². The van der Waals surface area contributed by atoms with E-state index in [1.54, 1.807) is 35.1 Å². The first-order valence-electron chi connectivity index (χ1n) is 7.41. The molecule has 1 aromatic carbocycles. The van der Waals surface area contributed by atoms with Crippen LogP contribution in [0.4, 0.5) is 0 Å². The molecule has 0 atom stereocenters. The van der Waals surface area contributed by atoms with Crippen LogP contribution >= 0.6 is 0 Å². The highest BCUT2D eigenvalue weighted by Gasteiger charge is 2.15. The second-order valence-electron chi connectivity index (χ2n) is 5.08. The van der Waals surface area contributed by atoms with Crippen LogP contribution in [0.3, 0.4) is 0 Å². The van der Waals surface area contributed by atoms with Crippen molar-refractivity contribution < 1.29 is 17.9 Å². The van der Waals surface area contributed by atoms with E-state index in [1.165, 1.54) is 7.11 Å². The van der Waals surface area contributed by atoms with Crippen molar-refractivity contribution in [2.45, 2.75) is 19.2 Å². The number of rotatable bonds is 8. The van der Waals surface area contributed by atoms with Crippen LogP contribution in [-0.2, 0) is 22.1 Å². The van der Waals surface area contributed by atoms with Crippen molar-refractivity contribution in [1.29, 1.82) is 5.26 Å². The number of sulfone groups is 1. The van der Waals surface area contributed by atoms with Crippen LogP contribution in [0.15, 0.2) is 30.5 Å². The van der Waals surface area contributed by atoms with Crippen LogP contribution in [0.1, 0.15) is 18.2 Å². The van der Waals surface area contributed by atoms with Crippen LogP contribution in [0, 0.1) is 11.3 Å². The van der Waals surface area contributed by atoms with Gasteiger partial charge in [-0.1, -0.05) is 0 Å². The third-order valence-electron chi connectivity index (χ3n) is 3.33. The van der Waals surface area contributed by atoms with E-state index >= 15 is 0 Å². The number of aryl methyl sites for hydroxylation is 1. The van der Waals surface area contributed by atoms with Gasteiger partial charge in [0.25, 0.3) is 0 Å². The van der Waals surface area contributed by atoms with Gasteiger partial charge in [0.2, 0.25) is 0 Å². The third-order valence-corrected chi connectivity index (χ3v) is 4.86. The molecule has 0 saturated heterocycles. The normalized spacial score (nSPS) is 11.0. The average Bonchev–Trinajstić information content (AvgIpc) is 3.01. The first-order valence-corrected chi connectivity index (χ1v) is 9.23. The Morgan fingerprint density at radius 3 is 2.71 bits per heavy atom. The monoisotopic (exact) mass is 349 g/mol. The molecule has 0 aliphatic heterocycles. The molecule has 0 N–H and O–H groups in total. The van der Waals surface area contributed by atoms with E-state index in [1.807, 2.05) is 13.0 Å². The summed E-state index contributed by atoms with van der Waals surface area (Å²) < 4.78 is 36.6. The molecule has 1 heterocycles. The minimum absolute atomic E-state index is 0.000913.